The van der Waals surface area contributed by atoms with Crippen molar-refractivity contribution in [3.63, 3.8) is 0 Å². The maximum absolute atomic E-state index is 13.4. The topological polar surface area (TPSA) is 41.1 Å². The van der Waals surface area contributed by atoms with Crippen LogP contribution in [0.3, 0.4) is 0 Å². The minimum atomic E-state index is -0.805. The molecule has 0 aromatic heterocycles. The lowest BCUT2D eigenvalue weighted by molar-refractivity contribution is 0.240. The molecule has 0 atom stereocenters. The van der Waals surface area contributed by atoms with Crippen molar-refractivity contribution in [1.29, 1.82) is 0 Å². The first-order chi connectivity index (χ1) is 8.06. The van der Waals surface area contributed by atoms with Gasteiger partial charge in [-0.2, -0.15) is 0 Å². The van der Waals surface area contributed by atoms with E-state index in [2.05, 4.69) is 26.6 Å². The zero-order valence-corrected chi connectivity index (χ0v) is 10.5. The van der Waals surface area contributed by atoms with E-state index in [4.69, 9.17) is 0 Å². The lowest BCUT2D eigenvalue weighted by atomic mass is 9.93. The molecule has 1 aromatic carbocycles. The van der Waals surface area contributed by atoms with Crippen LogP contribution in [-0.2, 0) is 0 Å². The number of carbonyl (C=O) groups excluding carboxylic acids is 1. The predicted molar refractivity (Wildman–Crippen MR) is 63.9 cm³/mol. The van der Waals surface area contributed by atoms with E-state index in [1.807, 2.05) is 0 Å². The van der Waals surface area contributed by atoms with Crippen molar-refractivity contribution in [1.82, 2.24) is 5.32 Å². The summed E-state index contributed by atoms with van der Waals surface area (Å²) in [5, 5.41) is 5.07. The highest BCUT2D eigenvalue weighted by molar-refractivity contribution is 9.10. The molecule has 0 spiro atoms. The van der Waals surface area contributed by atoms with Gasteiger partial charge in [-0.15, -0.1) is 0 Å². The highest BCUT2D eigenvalue weighted by Gasteiger charge is 2.20. The average Bonchev–Trinajstić information content (AvgIpc) is 2.17. The predicted octanol–water partition coefficient (Wildman–Crippen LogP) is 3.40. The quantitative estimate of drug-likeness (QED) is 0.864. The van der Waals surface area contributed by atoms with E-state index in [0.29, 0.717) is 0 Å². The van der Waals surface area contributed by atoms with E-state index in [9.17, 15) is 13.6 Å². The number of rotatable bonds is 2. The average molecular weight is 305 g/mol. The van der Waals surface area contributed by atoms with E-state index in [0.717, 1.165) is 31.4 Å². The molecule has 0 aliphatic heterocycles. The molecule has 1 aliphatic rings. The summed E-state index contributed by atoms with van der Waals surface area (Å²) in [5.74, 6) is -1.50. The highest BCUT2D eigenvalue weighted by atomic mass is 79.9. The van der Waals surface area contributed by atoms with Crippen LogP contribution in [0.25, 0.3) is 0 Å². The summed E-state index contributed by atoms with van der Waals surface area (Å²) in [6.07, 6.45) is 2.99. The third kappa shape index (κ3) is 2.94. The van der Waals surface area contributed by atoms with Crippen LogP contribution in [0.4, 0.5) is 19.3 Å². The van der Waals surface area contributed by atoms with E-state index < -0.39 is 17.7 Å². The molecular weight excluding hydrogens is 294 g/mol. The summed E-state index contributed by atoms with van der Waals surface area (Å²) in [6.45, 7) is 0. The second-order valence-corrected chi connectivity index (χ2v) is 4.83. The van der Waals surface area contributed by atoms with Crippen molar-refractivity contribution in [2.45, 2.75) is 25.3 Å². The maximum Gasteiger partial charge on any atom is 0.319 e. The first kappa shape index (κ1) is 12.3. The number of benzene rings is 1. The summed E-state index contributed by atoms with van der Waals surface area (Å²) in [5.41, 5.74) is -0.0526. The molecular formula is C11H11BrF2N2O. The van der Waals surface area contributed by atoms with Gasteiger partial charge in [0.05, 0.1) is 5.69 Å². The van der Waals surface area contributed by atoms with Gasteiger partial charge < -0.3 is 10.6 Å². The largest absolute Gasteiger partial charge is 0.335 e. The van der Waals surface area contributed by atoms with Gasteiger partial charge in [0.15, 0.2) is 5.82 Å². The molecule has 1 aromatic rings. The van der Waals surface area contributed by atoms with Crippen molar-refractivity contribution in [2.75, 3.05) is 5.32 Å². The summed E-state index contributed by atoms with van der Waals surface area (Å²) < 4.78 is 26.4. The minimum Gasteiger partial charge on any atom is -0.335 e. The Morgan fingerprint density at radius 3 is 2.59 bits per heavy atom. The van der Waals surface area contributed by atoms with Crippen LogP contribution in [0.1, 0.15) is 19.3 Å². The lowest BCUT2D eigenvalue weighted by Crippen LogP contribution is -2.42. The molecule has 2 amide bonds. The Morgan fingerprint density at radius 1 is 1.35 bits per heavy atom. The van der Waals surface area contributed by atoms with Crippen molar-refractivity contribution in [3.8, 4) is 0 Å². The Labute approximate surface area is 106 Å². The molecule has 0 saturated heterocycles. The lowest BCUT2D eigenvalue weighted by Gasteiger charge is -2.26. The van der Waals surface area contributed by atoms with Crippen LogP contribution >= 0.6 is 15.9 Å². The van der Waals surface area contributed by atoms with Crippen LogP contribution in [0, 0.1) is 11.6 Å². The fourth-order valence-electron chi connectivity index (χ4n) is 1.55. The number of urea groups is 1. The van der Waals surface area contributed by atoms with Crippen molar-refractivity contribution >= 4 is 27.6 Å². The van der Waals surface area contributed by atoms with E-state index in [1.54, 1.807) is 0 Å². The highest BCUT2D eigenvalue weighted by Crippen LogP contribution is 2.27. The molecule has 3 nitrogen and oxygen atoms in total. The van der Waals surface area contributed by atoms with Crippen molar-refractivity contribution in [2.24, 2.45) is 0 Å². The molecule has 1 saturated carbocycles. The normalized spacial score (nSPS) is 15.2. The molecule has 6 heteroatoms. The van der Waals surface area contributed by atoms with E-state index in [1.165, 1.54) is 0 Å². The maximum atomic E-state index is 13.4. The Balaban J connectivity index is 2.04. The number of nitrogens with one attached hydrogen (secondary N) is 2. The number of amides is 2. The van der Waals surface area contributed by atoms with Gasteiger partial charge in [-0.05, 0) is 41.3 Å². The second kappa shape index (κ2) is 5.00. The second-order valence-electron chi connectivity index (χ2n) is 3.97. The van der Waals surface area contributed by atoms with Gasteiger partial charge in [0.25, 0.3) is 0 Å². The summed E-state index contributed by atoms with van der Waals surface area (Å²) in [6, 6.07) is 1.52. The van der Waals surface area contributed by atoms with Crippen molar-refractivity contribution in [3.05, 3.63) is 28.2 Å². The molecule has 0 unspecified atom stereocenters. The molecule has 0 radical (unpaired) electrons. The van der Waals surface area contributed by atoms with Crippen LogP contribution in [0.5, 0.6) is 0 Å². The summed E-state index contributed by atoms with van der Waals surface area (Å²) in [4.78, 5) is 11.5. The number of anilines is 1. The van der Waals surface area contributed by atoms with Gasteiger partial charge in [0.2, 0.25) is 0 Å². The molecule has 92 valence electrons. The molecule has 2 rings (SSSR count). The molecule has 0 heterocycles. The summed E-state index contributed by atoms with van der Waals surface area (Å²) in [7, 11) is 0. The molecule has 1 fully saturated rings. The number of carbonyl (C=O) groups is 1. The number of hydrogen-bond acceptors (Lipinski definition) is 1. The molecule has 0 bridgehead atoms. The number of hydrogen-bond donors (Lipinski definition) is 2. The molecule has 2 N–H and O–H groups in total. The van der Waals surface area contributed by atoms with Crippen LogP contribution in [0.2, 0.25) is 0 Å². The van der Waals surface area contributed by atoms with Gasteiger partial charge >= 0.3 is 6.03 Å². The molecule has 17 heavy (non-hydrogen) atoms. The fourth-order valence-corrected chi connectivity index (χ4v) is 2.06. The SMILES string of the molecule is O=C(Nc1c(F)cc(F)cc1Br)NC1CCC1. The number of halogens is 3. The Kier molecular flexibility index (Phi) is 3.61. The Bertz CT molecular complexity index is 426. The first-order valence-corrected chi connectivity index (χ1v) is 6.07. The third-order valence-electron chi connectivity index (χ3n) is 2.69. The third-order valence-corrected chi connectivity index (χ3v) is 3.31. The fraction of sp³-hybridized carbons (Fsp3) is 0.364. The van der Waals surface area contributed by atoms with Crippen LogP contribution in [0.15, 0.2) is 16.6 Å². The van der Waals surface area contributed by atoms with Gasteiger partial charge in [-0.1, -0.05) is 0 Å². The smallest absolute Gasteiger partial charge is 0.319 e. The van der Waals surface area contributed by atoms with Crippen LogP contribution < -0.4 is 10.6 Å². The summed E-state index contributed by atoms with van der Waals surface area (Å²) >= 11 is 3.00. The minimum absolute atomic E-state index is 0.0526. The monoisotopic (exact) mass is 304 g/mol. The Hall–Kier alpha value is -1.17. The zero-order chi connectivity index (χ0) is 12.4. The van der Waals surface area contributed by atoms with Crippen LogP contribution in [-0.4, -0.2) is 12.1 Å². The Morgan fingerprint density at radius 2 is 2.06 bits per heavy atom. The standard InChI is InChI=1S/C11H11BrF2N2O/c12-8-4-6(13)5-9(14)10(8)16-11(17)15-7-2-1-3-7/h4-5,7H,1-3H2,(H2,15,16,17). The van der Waals surface area contributed by atoms with Crippen molar-refractivity contribution < 1.29 is 13.6 Å². The van der Waals surface area contributed by atoms with Gasteiger partial charge in [0, 0.05) is 16.6 Å². The van der Waals surface area contributed by atoms with E-state index in [-0.39, 0.29) is 16.2 Å². The first-order valence-electron chi connectivity index (χ1n) is 5.28. The van der Waals surface area contributed by atoms with Gasteiger partial charge in [-0.25, -0.2) is 13.6 Å². The zero-order valence-electron chi connectivity index (χ0n) is 8.90. The van der Waals surface area contributed by atoms with E-state index >= 15 is 0 Å². The molecule has 1 aliphatic carbocycles. The van der Waals surface area contributed by atoms with Gasteiger partial charge in [-0.3, -0.25) is 0 Å². The van der Waals surface area contributed by atoms with Gasteiger partial charge in [0.1, 0.15) is 5.82 Å².